The third-order valence-corrected chi connectivity index (χ3v) is 4.57. The molecule has 0 fully saturated rings. The van der Waals surface area contributed by atoms with Crippen LogP contribution in [0.2, 0.25) is 0 Å². The van der Waals surface area contributed by atoms with Crippen LogP contribution in [0.15, 0.2) is 24.3 Å². The molecule has 0 atom stereocenters. The SMILES string of the molecule is CCCCN1c2cc(O)ccc2C(CS(=O)(=O)[O-])=CC1(C)C.[Na+]. The molecule has 0 aromatic heterocycles. The molecule has 1 aromatic rings. The van der Waals surface area contributed by atoms with E-state index >= 15 is 0 Å². The Kier molecular flexibility index (Phi) is 6.75. The van der Waals surface area contributed by atoms with Gasteiger partial charge in [0, 0.05) is 23.9 Å². The number of rotatable bonds is 5. The second-order valence-corrected chi connectivity index (χ2v) is 7.64. The van der Waals surface area contributed by atoms with Crippen molar-refractivity contribution in [2.24, 2.45) is 0 Å². The summed E-state index contributed by atoms with van der Waals surface area (Å²) >= 11 is 0. The van der Waals surface area contributed by atoms with E-state index in [2.05, 4.69) is 11.8 Å². The summed E-state index contributed by atoms with van der Waals surface area (Å²) in [5, 5.41) is 9.79. The normalized spacial score (nSPS) is 16.3. The average molecular weight is 347 g/mol. The minimum Gasteiger partial charge on any atom is -0.748 e. The predicted molar refractivity (Wildman–Crippen MR) is 87.0 cm³/mol. The molecule has 0 spiro atoms. The van der Waals surface area contributed by atoms with Crippen molar-refractivity contribution in [1.29, 1.82) is 0 Å². The fourth-order valence-corrected chi connectivity index (χ4v) is 3.56. The van der Waals surface area contributed by atoms with E-state index in [0.29, 0.717) is 11.1 Å². The molecule has 0 radical (unpaired) electrons. The van der Waals surface area contributed by atoms with Crippen molar-refractivity contribution >= 4 is 21.4 Å². The number of unbranched alkanes of at least 4 members (excludes halogenated alkanes) is 1. The Morgan fingerprint density at radius 3 is 2.52 bits per heavy atom. The Labute approximate surface area is 160 Å². The molecule has 0 amide bonds. The van der Waals surface area contributed by atoms with Crippen molar-refractivity contribution < 1.29 is 47.6 Å². The van der Waals surface area contributed by atoms with E-state index in [9.17, 15) is 18.1 Å². The number of nitrogens with zero attached hydrogens (tertiary/aromatic N) is 1. The van der Waals surface area contributed by atoms with Gasteiger partial charge in [-0.3, -0.25) is 0 Å². The van der Waals surface area contributed by atoms with Crippen LogP contribution in [0.1, 0.15) is 39.2 Å². The summed E-state index contributed by atoms with van der Waals surface area (Å²) in [6.07, 6.45) is 3.87. The second-order valence-electron chi connectivity index (χ2n) is 6.23. The van der Waals surface area contributed by atoms with Crippen molar-refractivity contribution in [1.82, 2.24) is 0 Å². The van der Waals surface area contributed by atoms with Crippen molar-refractivity contribution in [2.75, 3.05) is 17.2 Å². The van der Waals surface area contributed by atoms with E-state index in [1.54, 1.807) is 12.1 Å². The van der Waals surface area contributed by atoms with Gasteiger partial charge in [0.1, 0.15) is 5.75 Å². The molecule has 122 valence electrons. The molecular formula is C16H22NNaO4S. The monoisotopic (exact) mass is 347 g/mol. The quantitative estimate of drug-likeness (QED) is 0.585. The number of anilines is 1. The minimum absolute atomic E-state index is 0. The van der Waals surface area contributed by atoms with Crippen LogP contribution in [0.3, 0.4) is 0 Å². The van der Waals surface area contributed by atoms with Gasteiger partial charge in [0.15, 0.2) is 0 Å². The third kappa shape index (κ3) is 4.97. The minimum atomic E-state index is -4.36. The van der Waals surface area contributed by atoms with Crippen LogP contribution in [-0.2, 0) is 10.1 Å². The van der Waals surface area contributed by atoms with E-state index < -0.39 is 21.4 Å². The van der Waals surface area contributed by atoms with Crippen LogP contribution < -0.4 is 34.5 Å². The standard InChI is InChI=1S/C16H23NO4S.Na/c1-4-5-8-17-15-9-13(18)6-7-14(15)12(10-16(17,2)3)11-22(19,20)21;/h6-7,9-10,18H,4-5,8,11H2,1-3H3,(H,19,20,21);/q;+1/p-1. The van der Waals surface area contributed by atoms with Gasteiger partial charge >= 0.3 is 29.6 Å². The van der Waals surface area contributed by atoms with Gasteiger partial charge in [0.25, 0.3) is 0 Å². The Hall–Kier alpha value is -0.530. The van der Waals surface area contributed by atoms with Gasteiger partial charge in [-0.25, -0.2) is 8.42 Å². The van der Waals surface area contributed by atoms with Crippen LogP contribution in [0.5, 0.6) is 5.75 Å². The Balaban J connectivity index is 0.00000264. The van der Waals surface area contributed by atoms with Gasteiger partial charge < -0.3 is 14.6 Å². The second kappa shape index (κ2) is 7.57. The third-order valence-electron chi connectivity index (χ3n) is 3.91. The zero-order chi connectivity index (χ0) is 16.5. The van der Waals surface area contributed by atoms with Gasteiger partial charge in [0.05, 0.1) is 21.4 Å². The molecule has 0 bridgehead atoms. The molecule has 0 saturated carbocycles. The van der Waals surface area contributed by atoms with Crippen molar-refractivity contribution in [3.63, 3.8) is 0 Å². The van der Waals surface area contributed by atoms with Crippen molar-refractivity contribution in [2.45, 2.75) is 39.2 Å². The van der Waals surface area contributed by atoms with Crippen LogP contribution in [0.4, 0.5) is 5.69 Å². The zero-order valence-corrected chi connectivity index (χ0v) is 17.0. The molecule has 0 saturated heterocycles. The first kappa shape index (κ1) is 20.5. The van der Waals surface area contributed by atoms with E-state index in [1.165, 1.54) is 6.07 Å². The summed E-state index contributed by atoms with van der Waals surface area (Å²) in [4.78, 5) is 2.15. The largest absolute Gasteiger partial charge is 1.00 e. The number of hydrogen-bond donors (Lipinski definition) is 1. The van der Waals surface area contributed by atoms with Gasteiger partial charge in [-0.15, -0.1) is 0 Å². The number of fused-ring (bicyclic) bond motifs is 1. The van der Waals surface area contributed by atoms with Crippen LogP contribution in [0.25, 0.3) is 5.57 Å². The fourth-order valence-electron chi connectivity index (χ4n) is 2.94. The first-order valence-electron chi connectivity index (χ1n) is 7.40. The van der Waals surface area contributed by atoms with E-state index in [1.807, 2.05) is 19.9 Å². The van der Waals surface area contributed by atoms with Gasteiger partial charge in [-0.1, -0.05) is 19.4 Å². The van der Waals surface area contributed by atoms with E-state index in [-0.39, 0.29) is 35.3 Å². The topological polar surface area (TPSA) is 80.7 Å². The molecule has 1 aliphatic rings. The van der Waals surface area contributed by atoms with Gasteiger partial charge in [-0.05, 0) is 38.0 Å². The maximum absolute atomic E-state index is 11.2. The molecule has 1 N–H and O–H groups in total. The molecular weight excluding hydrogens is 325 g/mol. The van der Waals surface area contributed by atoms with Crippen molar-refractivity contribution in [3.05, 3.63) is 29.8 Å². The Bertz CT molecular complexity index is 698. The van der Waals surface area contributed by atoms with Crippen LogP contribution >= 0.6 is 0 Å². The zero-order valence-electron chi connectivity index (χ0n) is 14.2. The summed E-state index contributed by atoms with van der Waals surface area (Å²) in [6, 6.07) is 4.83. The van der Waals surface area contributed by atoms with Crippen LogP contribution in [-0.4, -0.2) is 35.9 Å². The van der Waals surface area contributed by atoms with Crippen molar-refractivity contribution in [3.8, 4) is 5.75 Å². The molecule has 7 heteroatoms. The first-order valence-corrected chi connectivity index (χ1v) is 8.98. The number of aromatic hydroxyl groups is 1. The smallest absolute Gasteiger partial charge is 0.748 e. The van der Waals surface area contributed by atoms with Gasteiger partial charge in [0.2, 0.25) is 0 Å². The number of phenols is 1. The Morgan fingerprint density at radius 2 is 1.96 bits per heavy atom. The van der Waals surface area contributed by atoms with E-state index in [4.69, 9.17) is 0 Å². The molecule has 5 nitrogen and oxygen atoms in total. The molecule has 1 aliphatic heterocycles. The van der Waals surface area contributed by atoms with E-state index in [0.717, 1.165) is 25.1 Å². The number of benzene rings is 1. The average Bonchev–Trinajstić information content (AvgIpc) is 2.35. The summed E-state index contributed by atoms with van der Waals surface area (Å²) in [7, 11) is -4.36. The molecule has 1 heterocycles. The maximum Gasteiger partial charge on any atom is 1.00 e. The Morgan fingerprint density at radius 1 is 1.30 bits per heavy atom. The summed E-state index contributed by atoms with van der Waals surface area (Å²) in [6.45, 7) is 6.86. The number of hydrogen-bond acceptors (Lipinski definition) is 5. The predicted octanol–water partition coefficient (Wildman–Crippen LogP) is -0.276. The van der Waals surface area contributed by atoms with Crippen LogP contribution in [0, 0.1) is 0 Å². The summed E-state index contributed by atoms with van der Waals surface area (Å²) < 4.78 is 33.5. The number of phenolic OH excluding ortho intramolecular Hbond substituents is 1. The summed E-state index contributed by atoms with van der Waals surface area (Å²) in [5.74, 6) is -0.405. The molecule has 2 rings (SSSR count). The molecule has 23 heavy (non-hydrogen) atoms. The maximum atomic E-state index is 11.2. The fraction of sp³-hybridized carbons (Fsp3) is 0.500. The summed E-state index contributed by atoms with van der Waals surface area (Å²) in [5.41, 5.74) is 1.56. The van der Waals surface area contributed by atoms with Gasteiger partial charge in [-0.2, -0.15) is 0 Å². The first-order chi connectivity index (χ1) is 10.1. The molecule has 1 aromatic carbocycles. The molecule has 0 aliphatic carbocycles. The molecule has 0 unspecified atom stereocenters.